The second-order valence-corrected chi connectivity index (χ2v) is 4.16. The zero-order valence-corrected chi connectivity index (χ0v) is 10.2. The molecule has 3 heteroatoms. The number of aromatic nitrogens is 1. The average molecular weight is 243 g/mol. The van der Waals surface area contributed by atoms with Gasteiger partial charge < -0.3 is 0 Å². The highest BCUT2D eigenvalue weighted by Crippen LogP contribution is 2.12. The number of nitrogens with zero attached hydrogens (tertiary/aromatic N) is 1. The lowest BCUT2D eigenvalue weighted by Gasteiger charge is -2.04. The minimum atomic E-state index is -0.483. The van der Waals surface area contributed by atoms with Crippen LogP contribution in [0.25, 0.3) is 0 Å². The van der Waals surface area contributed by atoms with E-state index in [1.807, 2.05) is 18.3 Å². The molecule has 0 fully saturated rings. The molecule has 0 N–H and O–H groups in total. The third kappa shape index (κ3) is 2.80. The second kappa shape index (κ2) is 5.54. The molecule has 0 bridgehead atoms. The summed E-state index contributed by atoms with van der Waals surface area (Å²) in [5.74, 6) is -0.483. The van der Waals surface area contributed by atoms with Gasteiger partial charge in [-0.1, -0.05) is 19.1 Å². The van der Waals surface area contributed by atoms with Crippen molar-refractivity contribution in [2.75, 3.05) is 0 Å². The third-order valence-electron chi connectivity index (χ3n) is 2.87. The Balaban J connectivity index is 2.20. The lowest BCUT2D eigenvalue weighted by Crippen LogP contribution is -1.96. The third-order valence-corrected chi connectivity index (χ3v) is 2.87. The van der Waals surface area contributed by atoms with Crippen LogP contribution in [0.4, 0.5) is 4.39 Å². The molecule has 1 aromatic heterocycles. The van der Waals surface area contributed by atoms with Crippen molar-refractivity contribution < 1.29 is 9.18 Å². The zero-order valence-electron chi connectivity index (χ0n) is 10.2. The Kier molecular flexibility index (Phi) is 3.82. The molecule has 2 rings (SSSR count). The molecule has 2 aromatic rings. The lowest BCUT2D eigenvalue weighted by atomic mass is 10.1. The summed E-state index contributed by atoms with van der Waals surface area (Å²) >= 11 is 0. The number of aryl methyl sites for hydroxylation is 1. The molecular weight excluding hydrogens is 229 g/mol. The largest absolute Gasteiger partial charge is 0.298 e. The molecule has 1 heterocycles. The number of aldehydes is 1. The van der Waals surface area contributed by atoms with E-state index in [1.165, 1.54) is 11.6 Å². The van der Waals surface area contributed by atoms with Crippen LogP contribution >= 0.6 is 0 Å². The van der Waals surface area contributed by atoms with Crippen LogP contribution in [-0.2, 0) is 12.8 Å². The molecule has 0 radical (unpaired) electrons. The molecule has 0 aliphatic carbocycles. The fourth-order valence-electron chi connectivity index (χ4n) is 1.77. The van der Waals surface area contributed by atoms with Gasteiger partial charge in [-0.15, -0.1) is 0 Å². The molecule has 2 nitrogen and oxygen atoms in total. The first kappa shape index (κ1) is 12.4. The van der Waals surface area contributed by atoms with E-state index in [0.717, 1.165) is 17.7 Å². The van der Waals surface area contributed by atoms with Crippen LogP contribution in [-0.4, -0.2) is 11.3 Å². The molecule has 18 heavy (non-hydrogen) atoms. The van der Waals surface area contributed by atoms with Gasteiger partial charge in [0.25, 0.3) is 0 Å². The number of hydrogen-bond donors (Lipinski definition) is 0. The monoisotopic (exact) mass is 243 g/mol. The number of hydrogen-bond acceptors (Lipinski definition) is 2. The number of carbonyl (C=O) groups is 1. The van der Waals surface area contributed by atoms with E-state index in [-0.39, 0.29) is 5.56 Å². The molecule has 0 spiro atoms. The van der Waals surface area contributed by atoms with Crippen LogP contribution in [0, 0.1) is 5.82 Å². The van der Waals surface area contributed by atoms with E-state index < -0.39 is 5.82 Å². The summed E-state index contributed by atoms with van der Waals surface area (Å²) in [5.41, 5.74) is 3.08. The van der Waals surface area contributed by atoms with E-state index >= 15 is 0 Å². The molecular formula is C15H14FNO. The predicted octanol–water partition coefficient (Wildman–Crippen LogP) is 3.19. The minimum Gasteiger partial charge on any atom is -0.298 e. The fourth-order valence-corrected chi connectivity index (χ4v) is 1.77. The summed E-state index contributed by atoms with van der Waals surface area (Å²) in [6, 6.07) is 8.56. The predicted molar refractivity (Wildman–Crippen MR) is 68.2 cm³/mol. The SMILES string of the molecule is CCc1ccc(Cc2ccc(F)c(C=O)c2)nc1. The van der Waals surface area contributed by atoms with Crippen LogP contribution in [0.5, 0.6) is 0 Å². The Morgan fingerprint density at radius 2 is 2.00 bits per heavy atom. The molecule has 0 aliphatic rings. The maximum atomic E-state index is 13.2. The summed E-state index contributed by atoms with van der Waals surface area (Å²) in [6.45, 7) is 2.08. The molecule has 0 saturated heterocycles. The van der Waals surface area contributed by atoms with Gasteiger partial charge in [0.1, 0.15) is 5.82 Å². The number of carbonyl (C=O) groups excluding carboxylic acids is 1. The van der Waals surface area contributed by atoms with Gasteiger partial charge in [0.15, 0.2) is 6.29 Å². The first-order valence-electron chi connectivity index (χ1n) is 5.90. The Morgan fingerprint density at radius 3 is 2.61 bits per heavy atom. The summed E-state index contributed by atoms with van der Waals surface area (Å²) in [4.78, 5) is 15.0. The smallest absolute Gasteiger partial charge is 0.153 e. The fraction of sp³-hybridized carbons (Fsp3) is 0.200. The minimum absolute atomic E-state index is 0.0951. The second-order valence-electron chi connectivity index (χ2n) is 4.16. The molecule has 92 valence electrons. The van der Waals surface area contributed by atoms with Crippen molar-refractivity contribution in [2.24, 2.45) is 0 Å². The van der Waals surface area contributed by atoms with Crippen molar-refractivity contribution in [1.82, 2.24) is 4.98 Å². The van der Waals surface area contributed by atoms with E-state index in [9.17, 15) is 9.18 Å². The highest BCUT2D eigenvalue weighted by atomic mass is 19.1. The van der Waals surface area contributed by atoms with Gasteiger partial charge in [-0.2, -0.15) is 0 Å². The topological polar surface area (TPSA) is 30.0 Å². The Bertz CT molecular complexity index is 549. The van der Waals surface area contributed by atoms with Crippen LogP contribution in [0.3, 0.4) is 0 Å². The van der Waals surface area contributed by atoms with Gasteiger partial charge in [0, 0.05) is 18.3 Å². The summed E-state index contributed by atoms with van der Waals surface area (Å²) < 4.78 is 13.2. The molecule has 0 atom stereocenters. The van der Waals surface area contributed by atoms with Gasteiger partial charge >= 0.3 is 0 Å². The molecule has 1 aromatic carbocycles. The van der Waals surface area contributed by atoms with Crippen LogP contribution in [0.2, 0.25) is 0 Å². The molecule has 0 aliphatic heterocycles. The number of rotatable bonds is 4. The average Bonchev–Trinajstić information content (AvgIpc) is 2.42. The van der Waals surface area contributed by atoms with Crippen molar-refractivity contribution in [3.8, 4) is 0 Å². The summed E-state index contributed by atoms with van der Waals surface area (Å²) in [6.07, 6.45) is 3.94. The van der Waals surface area contributed by atoms with Crippen molar-refractivity contribution >= 4 is 6.29 Å². The normalized spacial score (nSPS) is 10.3. The van der Waals surface area contributed by atoms with Crippen LogP contribution in [0.1, 0.15) is 34.1 Å². The van der Waals surface area contributed by atoms with Crippen molar-refractivity contribution in [2.45, 2.75) is 19.8 Å². The van der Waals surface area contributed by atoms with Crippen molar-refractivity contribution in [3.63, 3.8) is 0 Å². The maximum Gasteiger partial charge on any atom is 0.153 e. The van der Waals surface area contributed by atoms with Gasteiger partial charge in [-0.3, -0.25) is 9.78 Å². The van der Waals surface area contributed by atoms with E-state index in [0.29, 0.717) is 12.7 Å². The Labute approximate surface area is 105 Å². The van der Waals surface area contributed by atoms with Crippen LogP contribution < -0.4 is 0 Å². The summed E-state index contributed by atoms with van der Waals surface area (Å²) in [5, 5.41) is 0. The number of pyridine rings is 1. The van der Waals surface area contributed by atoms with Gasteiger partial charge in [0.2, 0.25) is 0 Å². The molecule has 0 amide bonds. The van der Waals surface area contributed by atoms with E-state index in [4.69, 9.17) is 0 Å². The zero-order chi connectivity index (χ0) is 13.0. The van der Waals surface area contributed by atoms with Crippen molar-refractivity contribution in [3.05, 3.63) is 64.7 Å². The first-order valence-corrected chi connectivity index (χ1v) is 5.90. The highest BCUT2D eigenvalue weighted by Gasteiger charge is 2.04. The van der Waals surface area contributed by atoms with Gasteiger partial charge in [0.05, 0.1) is 5.56 Å². The number of halogens is 1. The van der Waals surface area contributed by atoms with Crippen molar-refractivity contribution in [1.29, 1.82) is 0 Å². The van der Waals surface area contributed by atoms with Gasteiger partial charge in [-0.25, -0.2) is 4.39 Å². The first-order chi connectivity index (χ1) is 8.72. The Morgan fingerprint density at radius 1 is 1.22 bits per heavy atom. The maximum absolute atomic E-state index is 13.2. The number of benzene rings is 1. The Hall–Kier alpha value is -2.03. The molecule has 0 unspecified atom stereocenters. The summed E-state index contributed by atoms with van der Waals surface area (Å²) in [7, 11) is 0. The van der Waals surface area contributed by atoms with Gasteiger partial charge in [-0.05, 0) is 35.7 Å². The van der Waals surface area contributed by atoms with E-state index in [2.05, 4.69) is 11.9 Å². The highest BCUT2D eigenvalue weighted by molar-refractivity contribution is 5.75. The van der Waals surface area contributed by atoms with E-state index in [1.54, 1.807) is 12.1 Å². The molecule has 0 saturated carbocycles. The lowest BCUT2D eigenvalue weighted by molar-refractivity contribution is 0.111. The quantitative estimate of drug-likeness (QED) is 0.772. The van der Waals surface area contributed by atoms with Crippen LogP contribution in [0.15, 0.2) is 36.5 Å². The standard InChI is InChI=1S/C15H14FNO/c1-2-11-3-5-14(17-9-11)8-12-4-6-15(16)13(7-12)10-18/h3-7,9-10H,2,8H2,1H3.